The van der Waals surface area contributed by atoms with Gasteiger partial charge < -0.3 is 10.6 Å². The minimum absolute atomic E-state index is 0.0492. The molecule has 1 saturated heterocycles. The lowest BCUT2D eigenvalue weighted by Crippen LogP contribution is -2.38. The normalized spacial score (nSPS) is 21.2. The Morgan fingerprint density at radius 3 is 2.40 bits per heavy atom. The molecular formula is C7H14N2S. The van der Waals surface area contributed by atoms with Gasteiger partial charge in [0, 0.05) is 13.1 Å². The molecular weight excluding hydrogens is 144 g/mol. The lowest BCUT2D eigenvalue weighted by atomic mass is 10.3. The monoisotopic (exact) mass is 158 g/mol. The first-order valence-electron chi connectivity index (χ1n) is 3.76. The number of thiocarbonyl (C=S) groups is 1. The van der Waals surface area contributed by atoms with Crippen LogP contribution in [-0.4, -0.2) is 29.0 Å². The predicted molar refractivity (Wildman–Crippen MR) is 47.1 cm³/mol. The van der Waals surface area contributed by atoms with Crippen molar-refractivity contribution in [2.24, 2.45) is 5.73 Å². The molecule has 2 N–H and O–H groups in total. The van der Waals surface area contributed by atoms with Crippen molar-refractivity contribution in [1.82, 2.24) is 4.90 Å². The Morgan fingerprint density at radius 2 is 2.00 bits per heavy atom. The van der Waals surface area contributed by atoms with Crippen molar-refractivity contribution in [2.45, 2.75) is 25.8 Å². The Morgan fingerprint density at radius 1 is 1.50 bits per heavy atom. The number of nitrogens with zero attached hydrogens (tertiary/aromatic N) is 1. The van der Waals surface area contributed by atoms with Gasteiger partial charge in [0.25, 0.3) is 0 Å². The molecule has 0 aliphatic carbocycles. The van der Waals surface area contributed by atoms with E-state index in [-0.39, 0.29) is 6.04 Å². The zero-order valence-corrected chi connectivity index (χ0v) is 7.16. The van der Waals surface area contributed by atoms with Gasteiger partial charge in [0.1, 0.15) is 0 Å². The molecule has 0 amide bonds. The summed E-state index contributed by atoms with van der Waals surface area (Å²) in [5.41, 5.74) is 5.63. The van der Waals surface area contributed by atoms with Gasteiger partial charge in [0.2, 0.25) is 0 Å². The Bertz CT molecular complexity index is 128. The highest BCUT2D eigenvalue weighted by molar-refractivity contribution is 7.80. The van der Waals surface area contributed by atoms with Crippen molar-refractivity contribution in [3.63, 3.8) is 0 Å². The van der Waals surface area contributed by atoms with Crippen LogP contribution in [0, 0.1) is 0 Å². The van der Waals surface area contributed by atoms with E-state index in [4.69, 9.17) is 18.0 Å². The first-order valence-corrected chi connectivity index (χ1v) is 4.17. The molecule has 3 heteroatoms. The van der Waals surface area contributed by atoms with Crippen molar-refractivity contribution >= 4 is 17.2 Å². The molecule has 0 unspecified atom stereocenters. The van der Waals surface area contributed by atoms with Gasteiger partial charge in [-0.2, -0.15) is 0 Å². The highest BCUT2D eigenvalue weighted by Gasteiger charge is 2.16. The zero-order valence-electron chi connectivity index (χ0n) is 6.34. The molecule has 10 heavy (non-hydrogen) atoms. The largest absolute Gasteiger partial charge is 0.365 e. The summed E-state index contributed by atoms with van der Waals surface area (Å²) < 4.78 is 0. The fraction of sp³-hybridized carbons (Fsp3) is 0.857. The molecule has 1 aliphatic rings. The maximum absolute atomic E-state index is 5.63. The fourth-order valence-corrected chi connectivity index (χ4v) is 1.41. The first kappa shape index (κ1) is 7.95. The molecule has 0 radical (unpaired) electrons. The predicted octanol–water partition coefficient (Wildman–Crippen LogP) is 0.757. The van der Waals surface area contributed by atoms with Crippen LogP contribution >= 0.6 is 12.2 Å². The van der Waals surface area contributed by atoms with E-state index in [9.17, 15) is 0 Å². The van der Waals surface area contributed by atoms with Crippen molar-refractivity contribution in [1.29, 1.82) is 0 Å². The van der Waals surface area contributed by atoms with Crippen LogP contribution in [0.4, 0.5) is 0 Å². The van der Waals surface area contributed by atoms with Crippen LogP contribution in [0.2, 0.25) is 0 Å². The van der Waals surface area contributed by atoms with Crippen molar-refractivity contribution in [3.8, 4) is 0 Å². The number of nitrogens with two attached hydrogens (primary N) is 1. The fourth-order valence-electron chi connectivity index (χ4n) is 1.23. The van der Waals surface area contributed by atoms with E-state index >= 15 is 0 Å². The Kier molecular flexibility index (Phi) is 2.63. The number of rotatable bonds is 1. The lowest BCUT2D eigenvalue weighted by Gasteiger charge is -2.20. The van der Waals surface area contributed by atoms with Crippen LogP contribution in [0.15, 0.2) is 0 Å². The quantitative estimate of drug-likeness (QED) is 0.571. The number of likely N-dealkylation sites (tertiary alicyclic amines) is 1. The lowest BCUT2D eigenvalue weighted by molar-refractivity contribution is 0.511. The summed E-state index contributed by atoms with van der Waals surface area (Å²) in [4.78, 5) is 3.14. The van der Waals surface area contributed by atoms with Gasteiger partial charge in [-0.05, 0) is 19.8 Å². The molecule has 1 aliphatic heterocycles. The van der Waals surface area contributed by atoms with Crippen LogP contribution in [0.3, 0.4) is 0 Å². The summed E-state index contributed by atoms with van der Waals surface area (Å²) >= 11 is 5.14. The van der Waals surface area contributed by atoms with E-state index < -0.39 is 0 Å². The van der Waals surface area contributed by atoms with Gasteiger partial charge in [-0.1, -0.05) is 12.2 Å². The van der Waals surface area contributed by atoms with Crippen molar-refractivity contribution in [2.75, 3.05) is 13.1 Å². The Hall–Kier alpha value is -0.150. The molecule has 2 nitrogen and oxygen atoms in total. The highest BCUT2D eigenvalue weighted by Crippen LogP contribution is 2.09. The van der Waals surface area contributed by atoms with Crippen LogP contribution in [0.5, 0.6) is 0 Å². The maximum atomic E-state index is 5.63. The van der Waals surface area contributed by atoms with E-state index in [0.717, 1.165) is 18.1 Å². The van der Waals surface area contributed by atoms with E-state index in [2.05, 4.69) is 4.90 Å². The van der Waals surface area contributed by atoms with Gasteiger partial charge in [0.15, 0.2) is 0 Å². The number of hydrogen-bond acceptors (Lipinski definition) is 2. The van der Waals surface area contributed by atoms with E-state index in [1.54, 1.807) is 0 Å². The molecule has 0 spiro atoms. The second-order valence-electron chi connectivity index (χ2n) is 2.82. The molecule has 58 valence electrons. The molecule has 1 atom stereocenters. The molecule has 0 saturated carbocycles. The Labute approximate surface area is 67.4 Å². The summed E-state index contributed by atoms with van der Waals surface area (Å²) in [7, 11) is 0. The van der Waals surface area contributed by atoms with Crippen LogP contribution in [0.25, 0.3) is 0 Å². The molecule has 1 rings (SSSR count). The van der Waals surface area contributed by atoms with E-state index in [1.165, 1.54) is 12.8 Å². The zero-order chi connectivity index (χ0) is 7.56. The molecule has 0 aromatic rings. The van der Waals surface area contributed by atoms with Crippen molar-refractivity contribution in [3.05, 3.63) is 0 Å². The smallest absolute Gasteiger partial charge is 0.0946 e. The standard InChI is InChI=1S/C7H14N2S/c1-6(8)7(10)9-4-2-3-5-9/h6H,2-5,8H2,1H3/t6-/m1/s1. The number of hydrogen-bond donors (Lipinski definition) is 1. The van der Waals surface area contributed by atoms with E-state index in [1.807, 2.05) is 6.92 Å². The molecule has 1 heterocycles. The van der Waals surface area contributed by atoms with Gasteiger partial charge in [-0.3, -0.25) is 0 Å². The van der Waals surface area contributed by atoms with Gasteiger partial charge >= 0.3 is 0 Å². The average Bonchev–Trinajstić information content (AvgIpc) is 2.36. The molecule has 0 aromatic carbocycles. The average molecular weight is 158 g/mol. The van der Waals surface area contributed by atoms with Crippen LogP contribution < -0.4 is 5.73 Å². The molecule has 0 aromatic heterocycles. The second-order valence-corrected chi connectivity index (χ2v) is 3.24. The minimum atomic E-state index is 0.0492. The van der Waals surface area contributed by atoms with Gasteiger partial charge in [-0.15, -0.1) is 0 Å². The third-order valence-corrected chi connectivity index (χ3v) is 2.44. The van der Waals surface area contributed by atoms with Crippen LogP contribution in [-0.2, 0) is 0 Å². The van der Waals surface area contributed by atoms with E-state index in [0.29, 0.717) is 0 Å². The van der Waals surface area contributed by atoms with Gasteiger partial charge in [-0.25, -0.2) is 0 Å². The highest BCUT2D eigenvalue weighted by atomic mass is 32.1. The minimum Gasteiger partial charge on any atom is -0.365 e. The summed E-state index contributed by atoms with van der Waals surface area (Å²) in [6.45, 7) is 4.17. The first-order chi connectivity index (χ1) is 4.72. The van der Waals surface area contributed by atoms with Crippen LogP contribution in [0.1, 0.15) is 19.8 Å². The summed E-state index contributed by atoms with van der Waals surface area (Å²) in [5.74, 6) is 0. The summed E-state index contributed by atoms with van der Waals surface area (Å²) in [6.07, 6.45) is 2.54. The van der Waals surface area contributed by atoms with Gasteiger partial charge in [0.05, 0.1) is 11.0 Å². The summed E-state index contributed by atoms with van der Waals surface area (Å²) in [5, 5.41) is 0. The molecule has 1 fully saturated rings. The SMILES string of the molecule is C[C@@H](N)C(=S)N1CCCC1. The third-order valence-electron chi connectivity index (χ3n) is 1.81. The maximum Gasteiger partial charge on any atom is 0.0946 e. The third kappa shape index (κ3) is 1.67. The molecule has 0 bridgehead atoms. The second kappa shape index (κ2) is 3.30. The summed E-state index contributed by atoms with van der Waals surface area (Å²) in [6, 6.07) is 0.0492. The Balaban J connectivity index is 2.40. The van der Waals surface area contributed by atoms with Crippen molar-refractivity contribution < 1.29 is 0 Å². The topological polar surface area (TPSA) is 29.3 Å².